The quantitative estimate of drug-likeness (QED) is 0.213. The Morgan fingerprint density at radius 2 is 1.83 bits per heavy atom. The highest BCUT2D eigenvalue weighted by Crippen LogP contribution is 2.27. The van der Waals surface area contributed by atoms with Crippen molar-refractivity contribution in [1.82, 2.24) is 15.2 Å². The molecule has 0 saturated carbocycles. The fourth-order valence-corrected chi connectivity index (χ4v) is 3.42. The van der Waals surface area contributed by atoms with Gasteiger partial charge in [0.2, 0.25) is 0 Å². The first kappa shape index (κ1) is 24.0. The standard InChI is InChI=1S/C22H32N6O.HI/c1-2-23-22(26-14-8-7-13-25-21-11-5-6-12-24-21)28-17-15-27(16-18-28)19-9-3-4-10-20(19)29;/h3-6,9-12,29H,2,7-8,13-18H2,1H3,(H,23,26)(H,24,25);1H. The van der Waals surface area contributed by atoms with E-state index in [4.69, 9.17) is 4.99 Å². The zero-order valence-electron chi connectivity index (χ0n) is 17.6. The van der Waals surface area contributed by atoms with Crippen molar-refractivity contribution < 1.29 is 5.11 Å². The third kappa shape index (κ3) is 7.23. The molecule has 3 rings (SSSR count). The number of unbranched alkanes of at least 4 members (excludes halogenated alkanes) is 1. The van der Waals surface area contributed by atoms with E-state index >= 15 is 0 Å². The first-order valence-electron chi connectivity index (χ1n) is 10.5. The van der Waals surface area contributed by atoms with Crippen LogP contribution in [-0.2, 0) is 0 Å². The molecule has 30 heavy (non-hydrogen) atoms. The molecule has 1 aliphatic heterocycles. The number of para-hydroxylation sites is 2. The van der Waals surface area contributed by atoms with Gasteiger partial charge in [-0.2, -0.15) is 0 Å². The van der Waals surface area contributed by atoms with E-state index in [0.29, 0.717) is 5.75 Å². The van der Waals surface area contributed by atoms with Crippen LogP contribution in [0.25, 0.3) is 0 Å². The molecule has 0 atom stereocenters. The number of aliphatic imine (C=N–C) groups is 1. The van der Waals surface area contributed by atoms with Gasteiger partial charge in [0.15, 0.2) is 5.96 Å². The van der Waals surface area contributed by atoms with E-state index in [1.165, 1.54) is 0 Å². The summed E-state index contributed by atoms with van der Waals surface area (Å²) < 4.78 is 0. The number of phenols is 1. The molecule has 0 amide bonds. The van der Waals surface area contributed by atoms with E-state index in [0.717, 1.165) is 76.1 Å². The van der Waals surface area contributed by atoms with Crippen LogP contribution < -0.4 is 15.5 Å². The number of hydrogen-bond acceptors (Lipinski definition) is 5. The van der Waals surface area contributed by atoms with Crippen LogP contribution in [0.2, 0.25) is 0 Å². The lowest BCUT2D eigenvalue weighted by atomic mass is 10.2. The third-order valence-electron chi connectivity index (χ3n) is 4.95. The molecular formula is C22H33IN6O. The minimum atomic E-state index is 0. The third-order valence-corrected chi connectivity index (χ3v) is 4.95. The lowest BCUT2D eigenvalue weighted by Gasteiger charge is -2.37. The lowest BCUT2D eigenvalue weighted by Crippen LogP contribution is -2.52. The van der Waals surface area contributed by atoms with E-state index in [1.807, 2.05) is 36.4 Å². The molecule has 1 aromatic carbocycles. The molecule has 164 valence electrons. The zero-order valence-corrected chi connectivity index (χ0v) is 20.0. The van der Waals surface area contributed by atoms with E-state index < -0.39 is 0 Å². The number of rotatable bonds is 8. The predicted octanol–water partition coefficient (Wildman–Crippen LogP) is 3.39. The van der Waals surface area contributed by atoms with Crippen molar-refractivity contribution in [2.24, 2.45) is 4.99 Å². The number of halogens is 1. The zero-order chi connectivity index (χ0) is 20.3. The van der Waals surface area contributed by atoms with Crippen LogP contribution in [0.1, 0.15) is 19.8 Å². The van der Waals surface area contributed by atoms with Crippen LogP contribution in [0.4, 0.5) is 11.5 Å². The van der Waals surface area contributed by atoms with Crippen LogP contribution in [0, 0.1) is 0 Å². The molecule has 0 radical (unpaired) electrons. The summed E-state index contributed by atoms with van der Waals surface area (Å²) in [4.78, 5) is 13.6. The van der Waals surface area contributed by atoms with Crippen molar-refractivity contribution in [1.29, 1.82) is 0 Å². The molecule has 1 saturated heterocycles. The van der Waals surface area contributed by atoms with E-state index in [1.54, 1.807) is 12.3 Å². The van der Waals surface area contributed by atoms with Gasteiger partial charge in [-0.3, -0.25) is 4.99 Å². The smallest absolute Gasteiger partial charge is 0.194 e. The maximum atomic E-state index is 10.1. The maximum absolute atomic E-state index is 10.1. The molecule has 2 aromatic rings. The summed E-state index contributed by atoms with van der Waals surface area (Å²) in [5.74, 6) is 2.26. The Morgan fingerprint density at radius 3 is 2.53 bits per heavy atom. The van der Waals surface area contributed by atoms with Gasteiger partial charge in [0.1, 0.15) is 11.6 Å². The van der Waals surface area contributed by atoms with Crippen LogP contribution in [0.15, 0.2) is 53.7 Å². The topological polar surface area (TPSA) is 76.0 Å². The number of nitrogens with zero attached hydrogens (tertiary/aromatic N) is 4. The second kappa shape index (κ2) is 13.1. The van der Waals surface area contributed by atoms with Crippen molar-refractivity contribution in [2.45, 2.75) is 19.8 Å². The van der Waals surface area contributed by atoms with Gasteiger partial charge < -0.3 is 25.5 Å². The van der Waals surface area contributed by atoms with Crippen molar-refractivity contribution in [3.05, 3.63) is 48.7 Å². The summed E-state index contributed by atoms with van der Waals surface area (Å²) in [5, 5.41) is 16.8. The van der Waals surface area contributed by atoms with E-state index in [-0.39, 0.29) is 24.0 Å². The molecule has 3 N–H and O–H groups in total. The fourth-order valence-electron chi connectivity index (χ4n) is 3.42. The molecule has 0 spiro atoms. The average molecular weight is 524 g/mol. The molecule has 1 aliphatic rings. The number of anilines is 2. The molecule has 1 fully saturated rings. The van der Waals surface area contributed by atoms with Crippen molar-refractivity contribution >= 4 is 41.4 Å². The predicted molar refractivity (Wildman–Crippen MR) is 135 cm³/mol. The summed E-state index contributed by atoms with van der Waals surface area (Å²) in [6, 6.07) is 13.4. The Labute approximate surface area is 196 Å². The summed E-state index contributed by atoms with van der Waals surface area (Å²) in [6.07, 6.45) is 3.89. The summed E-state index contributed by atoms with van der Waals surface area (Å²) in [7, 11) is 0. The first-order chi connectivity index (χ1) is 14.3. The SMILES string of the molecule is CCNC(=NCCCCNc1ccccn1)N1CCN(c2ccccc2O)CC1.I. The Kier molecular flexibility index (Phi) is 10.5. The van der Waals surface area contributed by atoms with Gasteiger partial charge in [-0.05, 0) is 44.0 Å². The Bertz CT molecular complexity index is 765. The van der Waals surface area contributed by atoms with Gasteiger partial charge in [-0.15, -0.1) is 24.0 Å². The van der Waals surface area contributed by atoms with Gasteiger partial charge in [-0.25, -0.2) is 4.98 Å². The highest BCUT2D eigenvalue weighted by atomic mass is 127. The number of guanidine groups is 1. The van der Waals surface area contributed by atoms with Gasteiger partial charge in [0.05, 0.1) is 5.69 Å². The average Bonchev–Trinajstić information content (AvgIpc) is 2.77. The molecule has 7 nitrogen and oxygen atoms in total. The number of nitrogens with one attached hydrogen (secondary N) is 2. The Balaban J connectivity index is 0.00000320. The Morgan fingerprint density at radius 1 is 1.07 bits per heavy atom. The summed E-state index contributed by atoms with van der Waals surface area (Å²) in [5.41, 5.74) is 0.912. The number of phenolic OH excluding ortho intramolecular Hbond substituents is 1. The second-order valence-electron chi connectivity index (χ2n) is 7.05. The number of piperazine rings is 1. The molecule has 0 aliphatic carbocycles. The van der Waals surface area contributed by atoms with Gasteiger partial charge in [0, 0.05) is 52.0 Å². The first-order valence-corrected chi connectivity index (χ1v) is 10.5. The fraction of sp³-hybridized carbons (Fsp3) is 0.455. The summed E-state index contributed by atoms with van der Waals surface area (Å²) in [6.45, 7) is 8.20. The largest absolute Gasteiger partial charge is 0.506 e. The lowest BCUT2D eigenvalue weighted by molar-refractivity contribution is 0.369. The monoisotopic (exact) mass is 524 g/mol. The molecule has 0 unspecified atom stereocenters. The van der Waals surface area contributed by atoms with Crippen molar-refractivity contribution in [3.8, 4) is 5.75 Å². The number of pyridine rings is 1. The molecular weight excluding hydrogens is 491 g/mol. The van der Waals surface area contributed by atoms with Gasteiger partial charge in [-0.1, -0.05) is 18.2 Å². The van der Waals surface area contributed by atoms with Crippen LogP contribution in [-0.4, -0.2) is 66.8 Å². The second-order valence-corrected chi connectivity index (χ2v) is 7.05. The Hall–Kier alpha value is -2.23. The molecule has 1 aromatic heterocycles. The van der Waals surface area contributed by atoms with Gasteiger partial charge >= 0.3 is 0 Å². The number of aromatic nitrogens is 1. The van der Waals surface area contributed by atoms with Gasteiger partial charge in [0.25, 0.3) is 0 Å². The van der Waals surface area contributed by atoms with Crippen LogP contribution in [0.5, 0.6) is 5.75 Å². The van der Waals surface area contributed by atoms with E-state index in [9.17, 15) is 5.11 Å². The molecule has 8 heteroatoms. The van der Waals surface area contributed by atoms with E-state index in [2.05, 4.69) is 32.3 Å². The normalized spacial score (nSPS) is 14.2. The highest BCUT2D eigenvalue weighted by molar-refractivity contribution is 14.0. The minimum absolute atomic E-state index is 0. The molecule has 2 heterocycles. The van der Waals surface area contributed by atoms with Crippen LogP contribution in [0.3, 0.4) is 0 Å². The highest BCUT2D eigenvalue weighted by Gasteiger charge is 2.21. The maximum Gasteiger partial charge on any atom is 0.194 e. The summed E-state index contributed by atoms with van der Waals surface area (Å²) >= 11 is 0. The van der Waals surface area contributed by atoms with Crippen molar-refractivity contribution in [3.63, 3.8) is 0 Å². The number of aromatic hydroxyl groups is 1. The molecule has 0 bridgehead atoms. The van der Waals surface area contributed by atoms with Crippen LogP contribution >= 0.6 is 24.0 Å². The minimum Gasteiger partial charge on any atom is -0.506 e. The number of hydrogen-bond donors (Lipinski definition) is 3. The van der Waals surface area contributed by atoms with Crippen molar-refractivity contribution in [2.75, 3.05) is 56.0 Å². The number of benzene rings is 1.